The molecule has 0 aliphatic heterocycles. The van der Waals surface area contributed by atoms with E-state index in [2.05, 4.69) is 50.2 Å². The Labute approximate surface area is 140 Å². The van der Waals surface area contributed by atoms with Gasteiger partial charge < -0.3 is 4.90 Å². The molecule has 0 bridgehead atoms. The molecule has 0 aliphatic rings. The average molecular weight is 417 g/mol. The van der Waals surface area contributed by atoms with Gasteiger partial charge in [0.25, 0.3) is 5.91 Å². The highest BCUT2D eigenvalue weighted by atomic mass is 79.9. The van der Waals surface area contributed by atoms with Crippen molar-refractivity contribution < 1.29 is 4.79 Å². The number of likely N-dealkylation sites (N-methyl/N-ethyl adjacent to an activating group) is 1. The van der Waals surface area contributed by atoms with Crippen molar-refractivity contribution in [2.75, 3.05) is 7.05 Å². The van der Waals surface area contributed by atoms with Crippen molar-refractivity contribution >= 4 is 49.1 Å². The van der Waals surface area contributed by atoms with Gasteiger partial charge in [-0.2, -0.15) is 0 Å². The smallest absolute Gasteiger partial charge is 0.255 e. The van der Waals surface area contributed by atoms with Crippen LogP contribution in [0, 0.1) is 0 Å². The molecule has 20 heavy (non-hydrogen) atoms. The van der Waals surface area contributed by atoms with Crippen molar-refractivity contribution in [3.05, 3.63) is 55.1 Å². The van der Waals surface area contributed by atoms with Gasteiger partial charge in [0.2, 0.25) is 0 Å². The topological polar surface area (TPSA) is 20.3 Å². The Kier molecular flexibility index (Phi) is 5.41. The zero-order valence-electron chi connectivity index (χ0n) is 11.3. The maximum absolute atomic E-state index is 12.6. The Bertz CT molecular complexity index is 598. The first kappa shape index (κ1) is 15.7. The van der Waals surface area contributed by atoms with Crippen LogP contribution in [0.2, 0.25) is 0 Å². The standard InChI is InChI=1S/C15H15Br2NOS/c1-10(8-12-4-3-7-20-12)18(2)15(19)13-9-11(16)5-6-14(13)17/h3-7,9-10H,8H2,1-2H3. The molecule has 2 rings (SSSR count). The van der Waals surface area contributed by atoms with E-state index in [9.17, 15) is 4.79 Å². The average Bonchev–Trinajstić information content (AvgIpc) is 2.92. The summed E-state index contributed by atoms with van der Waals surface area (Å²) in [7, 11) is 1.86. The third-order valence-corrected chi connectivity index (χ3v) is 5.30. The minimum absolute atomic E-state index is 0.0298. The summed E-state index contributed by atoms with van der Waals surface area (Å²) in [6.45, 7) is 2.07. The molecule has 1 aromatic carbocycles. The van der Waals surface area contributed by atoms with Crippen LogP contribution in [0.4, 0.5) is 0 Å². The van der Waals surface area contributed by atoms with Gasteiger partial charge in [-0.3, -0.25) is 4.79 Å². The Balaban J connectivity index is 2.13. The van der Waals surface area contributed by atoms with Crippen molar-refractivity contribution in [3.8, 4) is 0 Å². The first-order valence-electron chi connectivity index (χ1n) is 6.23. The van der Waals surface area contributed by atoms with E-state index in [4.69, 9.17) is 0 Å². The Hall–Kier alpha value is -0.650. The number of amides is 1. The van der Waals surface area contributed by atoms with Gasteiger partial charge in [-0.1, -0.05) is 22.0 Å². The van der Waals surface area contributed by atoms with Crippen LogP contribution < -0.4 is 0 Å². The molecule has 0 spiro atoms. The van der Waals surface area contributed by atoms with Crippen molar-refractivity contribution in [3.63, 3.8) is 0 Å². The molecule has 2 aromatic rings. The zero-order chi connectivity index (χ0) is 14.7. The monoisotopic (exact) mass is 415 g/mol. The molecule has 1 amide bonds. The van der Waals surface area contributed by atoms with Crippen LogP contribution in [0.15, 0.2) is 44.7 Å². The third-order valence-electron chi connectivity index (χ3n) is 3.22. The van der Waals surface area contributed by atoms with Crippen molar-refractivity contribution in [1.29, 1.82) is 0 Å². The second kappa shape index (κ2) is 6.87. The van der Waals surface area contributed by atoms with E-state index < -0.39 is 0 Å². The second-order valence-corrected chi connectivity index (χ2v) is 7.47. The van der Waals surface area contributed by atoms with Crippen molar-refractivity contribution in [1.82, 2.24) is 4.90 Å². The minimum atomic E-state index is 0.0298. The van der Waals surface area contributed by atoms with Crippen LogP contribution in [0.5, 0.6) is 0 Å². The first-order valence-corrected chi connectivity index (χ1v) is 8.70. The second-order valence-electron chi connectivity index (χ2n) is 4.67. The van der Waals surface area contributed by atoms with E-state index in [1.165, 1.54) is 4.88 Å². The molecule has 0 aliphatic carbocycles. The molecule has 5 heteroatoms. The summed E-state index contributed by atoms with van der Waals surface area (Å²) in [6.07, 6.45) is 0.880. The van der Waals surface area contributed by atoms with E-state index >= 15 is 0 Å². The number of thiophene rings is 1. The molecule has 0 saturated carbocycles. The van der Waals surface area contributed by atoms with Crippen LogP contribution in [0.1, 0.15) is 22.2 Å². The summed E-state index contributed by atoms with van der Waals surface area (Å²) in [4.78, 5) is 15.7. The minimum Gasteiger partial charge on any atom is -0.339 e. The van der Waals surface area contributed by atoms with Crippen LogP contribution in [-0.4, -0.2) is 23.9 Å². The number of hydrogen-bond donors (Lipinski definition) is 0. The van der Waals surface area contributed by atoms with Crippen LogP contribution in [0.25, 0.3) is 0 Å². The first-order chi connectivity index (χ1) is 9.49. The Morgan fingerprint density at radius 1 is 1.35 bits per heavy atom. The van der Waals surface area contributed by atoms with Gasteiger partial charge >= 0.3 is 0 Å². The van der Waals surface area contributed by atoms with Crippen LogP contribution >= 0.6 is 43.2 Å². The predicted molar refractivity (Wildman–Crippen MR) is 91.4 cm³/mol. The SMILES string of the molecule is CC(Cc1cccs1)N(C)C(=O)c1cc(Br)ccc1Br. The number of carbonyl (C=O) groups is 1. The van der Waals surface area contributed by atoms with Gasteiger partial charge in [0.15, 0.2) is 0 Å². The fraction of sp³-hybridized carbons (Fsp3) is 0.267. The highest BCUT2D eigenvalue weighted by Gasteiger charge is 2.20. The van der Waals surface area contributed by atoms with E-state index in [1.807, 2.05) is 31.3 Å². The molecule has 1 unspecified atom stereocenters. The van der Waals surface area contributed by atoms with Crippen molar-refractivity contribution in [2.24, 2.45) is 0 Å². The predicted octanol–water partition coefficient (Wildman–Crippen LogP) is 4.98. The zero-order valence-corrected chi connectivity index (χ0v) is 15.3. The van der Waals surface area contributed by atoms with Gasteiger partial charge in [-0.05, 0) is 52.5 Å². The highest BCUT2D eigenvalue weighted by Crippen LogP contribution is 2.24. The summed E-state index contributed by atoms with van der Waals surface area (Å²) in [5.74, 6) is 0.0298. The van der Waals surface area contributed by atoms with Gasteiger partial charge in [0, 0.05) is 33.3 Å². The summed E-state index contributed by atoms with van der Waals surface area (Å²) in [6, 6.07) is 9.95. The molecule has 1 heterocycles. The van der Waals surface area contributed by atoms with Gasteiger partial charge in [0.05, 0.1) is 5.56 Å². The van der Waals surface area contributed by atoms with E-state index in [1.54, 1.807) is 16.2 Å². The fourth-order valence-electron chi connectivity index (χ4n) is 1.91. The number of benzene rings is 1. The number of nitrogens with zero attached hydrogens (tertiary/aromatic N) is 1. The maximum Gasteiger partial charge on any atom is 0.255 e. The normalized spacial score (nSPS) is 12.2. The molecule has 1 aromatic heterocycles. The highest BCUT2D eigenvalue weighted by molar-refractivity contribution is 9.11. The van der Waals surface area contributed by atoms with E-state index in [0.717, 1.165) is 15.4 Å². The fourth-order valence-corrected chi connectivity index (χ4v) is 3.51. The van der Waals surface area contributed by atoms with Crippen LogP contribution in [0.3, 0.4) is 0 Å². The lowest BCUT2D eigenvalue weighted by Gasteiger charge is -2.25. The molecule has 0 saturated heterocycles. The van der Waals surface area contributed by atoms with Gasteiger partial charge in [-0.15, -0.1) is 11.3 Å². The summed E-state index contributed by atoms with van der Waals surface area (Å²) in [5.41, 5.74) is 0.680. The van der Waals surface area contributed by atoms with E-state index in [0.29, 0.717) is 5.56 Å². The van der Waals surface area contributed by atoms with Crippen molar-refractivity contribution in [2.45, 2.75) is 19.4 Å². The summed E-state index contributed by atoms with van der Waals surface area (Å²) < 4.78 is 1.73. The lowest BCUT2D eigenvalue weighted by atomic mass is 10.1. The Morgan fingerprint density at radius 3 is 2.75 bits per heavy atom. The molecular weight excluding hydrogens is 402 g/mol. The molecule has 1 atom stereocenters. The largest absolute Gasteiger partial charge is 0.339 e. The Morgan fingerprint density at radius 2 is 2.10 bits per heavy atom. The number of carbonyl (C=O) groups excluding carboxylic acids is 1. The lowest BCUT2D eigenvalue weighted by molar-refractivity contribution is 0.0743. The molecule has 106 valence electrons. The summed E-state index contributed by atoms with van der Waals surface area (Å²) >= 11 is 8.58. The number of hydrogen-bond acceptors (Lipinski definition) is 2. The lowest BCUT2D eigenvalue weighted by Crippen LogP contribution is -2.36. The quantitative estimate of drug-likeness (QED) is 0.688. The molecule has 2 nitrogen and oxygen atoms in total. The third kappa shape index (κ3) is 3.71. The van der Waals surface area contributed by atoms with Gasteiger partial charge in [0.1, 0.15) is 0 Å². The maximum atomic E-state index is 12.6. The molecule has 0 N–H and O–H groups in total. The number of rotatable bonds is 4. The molecular formula is C15H15Br2NOS. The summed E-state index contributed by atoms with van der Waals surface area (Å²) in [5, 5.41) is 2.06. The van der Waals surface area contributed by atoms with Gasteiger partial charge in [-0.25, -0.2) is 0 Å². The molecule has 0 fully saturated rings. The van der Waals surface area contributed by atoms with Crippen LogP contribution in [-0.2, 0) is 6.42 Å². The molecule has 0 radical (unpaired) electrons. The van der Waals surface area contributed by atoms with E-state index in [-0.39, 0.29) is 11.9 Å². The number of halogens is 2.